The second-order valence-electron chi connectivity index (χ2n) is 5.35. The van der Waals surface area contributed by atoms with Crippen LogP contribution in [0.4, 0.5) is 5.69 Å². The number of hydrogen-bond acceptors (Lipinski definition) is 4. The molecule has 1 atom stereocenters. The van der Waals surface area contributed by atoms with Gasteiger partial charge in [-0.1, -0.05) is 41.9 Å². The standard InChI is InChI=1S/C17H11ClN3O2P/c18-12-7-9(5-6-13(12)24)21-8-19-15-14(20-23)10-3-1-2-4-11(10)17(22)16(15)21/h1-8,22H,24H2. The van der Waals surface area contributed by atoms with Crippen molar-refractivity contribution in [1.29, 1.82) is 0 Å². The van der Waals surface area contributed by atoms with Gasteiger partial charge in [0.1, 0.15) is 28.8 Å². The van der Waals surface area contributed by atoms with Crippen LogP contribution in [0.5, 0.6) is 5.75 Å². The van der Waals surface area contributed by atoms with E-state index in [1.165, 1.54) is 0 Å². The maximum absolute atomic E-state index is 11.4. The summed E-state index contributed by atoms with van der Waals surface area (Å²) < 4.78 is 1.70. The number of fused-ring (bicyclic) bond motifs is 2. The van der Waals surface area contributed by atoms with E-state index in [9.17, 15) is 10.0 Å². The number of nitroso groups, excluding NO2 is 1. The van der Waals surface area contributed by atoms with E-state index >= 15 is 0 Å². The van der Waals surface area contributed by atoms with Crippen molar-refractivity contribution in [3.63, 3.8) is 0 Å². The van der Waals surface area contributed by atoms with E-state index in [0.29, 0.717) is 26.8 Å². The Kier molecular flexibility index (Phi) is 3.48. The highest BCUT2D eigenvalue weighted by Gasteiger charge is 2.19. The molecule has 0 radical (unpaired) electrons. The monoisotopic (exact) mass is 355 g/mol. The zero-order valence-corrected chi connectivity index (χ0v) is 14.2. The van der Waals surface area contributed by atoms with E-state index < -0.39 is 0 Å². The minimum Gasteiger partial charge on any atom is -0.505 e. The molecule has 5 nitrogen and oxygen atoms in total. The maximum atomic E-state index is 11.4. The lowest BCUT2D eigenvalue weighted by atomic mass is 10.1. The third kappa shape index (κ3) is 2.09. The average Bonchev–Trinajstić information content (AvgIpc) is 3.03. The van der Waals surface area contributed by atoms with E-state index in [-0.39, 0.29) is 11.4 Å². The molecule has 4 rings (SSSR count). The number of phenols is 1. The molecule has 0 saturated carbocycles. The van der Waals surface area contributed by atoms with Crippen LogP contribution in [0, 0.1) is 4.91 Å². The summed E-state index contributed by atoms with van der Waals surface area (Å²) in [5.41, 5.74) is 1.73. The van der Waals surface area contributed by atoms with E-state index in [1.54, 1.807) is 41.2 Å². The lowest BCUT2D eigenvalue weighted by molar-refractivity contribution is 0.486. The second kappa shape index (κ2) is 5.55. The van der Waals surface area contributed by atoms with E-state index in [0.717, 1.165) is 11.0 Å². The number of aromatic hydroxyl groups is 1. The van der Waals surface area contributed by atoms with Crippen molar-refractivity contribution in [2.75, 3.05) is 0 Å². The molecule has 4 aromatic rings. The molecular formula is C17H11ClN3O2P. The number of rotatable bonds is 2. The Balaban J connectivity index is 2.14. The molecule has 0 amide bonds. The van der Waals surface area contributed by atoms with Crippen LogP contribution >= 0.6 is 20.8 Å². The molecule has 3 aromatic carbocycles. The highest BCUT2D eigenvalue weighted by Crippen LogP contribution is 2.42. The predicted molar refractivity (Wildman–Crippen MR) is 100 cm³/mol. The van der Waals surface area contributed by atoms with Gasteiger partial charge in [0.25, 0.3) is 0 Å². The Morgan fingerprint density at radius 2 is 1.92 bits per heavy atom. The third-order valence-corrected chi connectivity index (χ3v) is 5.02. The molecule has 0 saturated heterocycles. The van der Waals surface area contributed by atoms with Crippen LogP contribution in [-0.2, 0) is 0 Å². The fraction of sp³-hybridized carbons (Fsp3) is 0. The molecule has 1 N–H and O–H groups in total. The summed E-state index contributed by atoms with van der Waals surface area (Å²) in [6, 6.07) is 12.6. The van der Waals surface area contributed by atoms with Crippen molar-refractivity contribution in [3.05, 3.63) is 58.7 Å². The summed E-state index contributed by atoms with van der Waals surface area (Å²) >= 11 is 6.19. The van der Waals surface area contributed by atoms with Crippen LogP contribution in [-0.4, -0.2) is 14.7 Å². The molecule has 1 unspecified atom stereocenters. The molecule has 24 heavy (non-hydrogen) atoms. The largest absolute Gasteiger partial charge is 0.505 e. The van der Waals surface area contributed by atoms with Gasteiger partial charge in [0, 0.05) is 21.5 Å². The topological polar surface area (TPSA) is 67.5 Å². The number of halogens is 1. The Hall–Kier alpha value is -2.49. The lowest BCUT2D eigenvalue weighted by Crippen LogP contribution is -1.98. The summed E-state index contributed by atoms with van der Waals surface area (Å²) in [4.78, 5) is 15.7. The van der Waals surface area contributed by atoms with Crippen molar-refractivity contribution < 1.29 is 5.11 Å². The number of hydrogen-bond donors (Lipinski definition) is 1. The third-order valence-electron chi connectivity index (χ3n) is 4.01. The van der Waals surface area contributed by atoms with Crippen molar-refractivity contribution >= 4 is 53.6 Å². The van der Waals surface area contributed by atoms with Crippen molar-refractivity contribution in [2.45, 2.75) is 0 Å². The van der Waals surface area contributed by atoms with Gasteiger partial charge in [-0.2, -0.15) is 0 Å². The molecule has 0 aliphatic heterocycles. The molecule has 0 aliphatic rings. The Labute approximate surface area is 144 Å². The highest BCUT2D eigenvalue weighted by molar-refractivity contribution is 7.28. The van der Waals surface area contributed by atoms with Crippen molar-refractivity contribution in [2.24, 2.45) is 5.18 Å². The number of benzene rings is 3. The van der Waals surface area contributed by atoms with Gasteiger partial charge in [-0.3, -0.25) is 4.57 Å². The van der Waals surface area contributed by atoms with Crippen molar-refractivity contribution in [1.82, 2.24) is 9.55 Å². The van der Waals surface area contributed by atoms with Crippen LogP contribution in [0.2, 0.25) is 5.02 Å². The summed E-state index contributed by atoms with van der Waals surface area (Å²) in [5, 5.41) is 16.5. The average molecular weight is 356 g/mol. The molecular weight excluding hydrogens is 345 g/mol. The Morgan fingerprint density at radius 1 is 1.17 bits per heavy atom. The molecule has 1 heterocycles. The normalized spacial score (nSPS) is 11.2. The van der Waals surface area contributed by atoms with Gasteiger partial charge in [-0.05, 0) is 22.6 Å². The van der Waals surface area contributed by atoms with E-state index in [1.807, 2.05) is 12.1 Å². The number of imidazole rings is 1. The van der Waals surface area contributed by atoms with Gasteiger partial charge >= 0.3 is 0 Å². The van der Waals surface area contributed by atoms with E-state index in [4.69, 9.17) is 11.6 Å². The number of aromatic nitrogens is 2. The number of nitrogens with zero attached hydrogens (tertiary/aromatic N) is 3. The van der Waals surface area contributed by atoms with Gasteiger partial charge in [0.15, 0.2) is 0 Å². The first kappa shape index (κ1) is 15.1. The van der Waals surface area contributed by atoms with Crippen LogP contribution in [0.1, 0.15) is 0 Å². The second-order valence-corrected chi connectivity index (χ2v) is 6.38. The van der Waals surface area contributed by atoms with Gasteiger partial charge in [0.2, 0.25) is 0 Å². The van der Waals surface area contributed by atoms with Crippen molar-refractivity contribution in [3.8, 4) is 11.4 Å². The minimum absolute atomic E-state index is 0.0524. The smallest absolute Gasteiger partial charge is 0.149 e. The van der Waals surface area contributed by atoms with Crippen LogP contribution in [0.3, 0.4) is 0 Å². The molecule has 0 bridgehead atoms. The summed E-state index contributed by atoms with van der Waals surface area (Å²) in [6.07, 6.45) is 1.55. The van der Waals surface area contributed by atoms with Crippen LogP contribution < -0.4 is 5.30 Å². The first-order valence-corrected chi connectivity index (χ1v) is 8.07. The molecule has 118 valence electrons. The quantitative estimate of drug-likeness (QED) is 0.427. The molecule has 0 aliphatic carbocycles. The zero-order valence-electron chi connectivity index (χ0n) is 12.3. The van der Waals surface area contributed by atoms with Gasteiger partial charge < -0.3 is 5.11 Å². The van der Waals surface area contributed by atoms with Crippen LogP contribution in [0.15, 0.2) is 54.0 Å². The predicted octanol–water partition coefficient (Wildman–Crippen LogP) is 4.44. The molecule has 7 heteroatoms. The first-order chi connectivity index (χ1) is 11.6. The Bertz CT molecular complexity index is 1120. The fourth-order valence-corrected chi connectivity index (χ4v) is 3.21. The fourth-order valence-electron chi connectivity index (χ4n) is 2.85. The van der Waals surface area contributed by atoms with Crippen LogP contribution in [0.25, 0.3) is 27.5 Å². The highest BCUT2D eigenvalue weighted by atomic mass is 35.5. The number of phenolic OH excluding ortho intramolecular Hbond substituents is 1. The summed E-state index contributed by atoms with van der Waals surface area (Å²) in [6.45, 7) is 0. The summed E-state index contributed by atoms with van der Waals surface area (Å²) in [5.74, 6) is 0.0524. The molecule has 1 aromatic heterocycles. The zero-order chi connectivity index (χ0) is 16.8. The molecule has 0 fully saturated rings. The summed E-state index contributed by atoms with van der Waals surface area (Å²) in [7, 11) is 2.55. The lowest BCUT2D eigenvalue weighted by Gasteiger charge is -2.10. The van der Waals surface area contributed by atoms with Gasteiger partial charge in [0.05, 0.1) is 0 Å². The first-order valence-electron chi connectivity index (χ1n) is 7.11. The molecule has 0 spiro atoms. The van der Waals surface area contributed by atoms with E-state index in [2.05, 4.69) is 19.4 Å². The minimum atomic E-state index is 0.0524. The van der Waals surface area contributed by atoms with Gasteiger partial charge in [-0.25, -0.2) is 4.98 Å². The Morgan fingerprint density at radius 3 is 2.62 bits per heavy atom. The SMILES string of the molecule is O=Nc1c2ccccc2c(O)c2c1ncn2-c1ccc(P)c(Cl)c1. The van der Waals surface area contributed by atoms with Gasteiger partial charge in [-0.15, -0.1) is 14.1 Å². The maximum Gasteiger partial charge on any atom is 0.149 e.